The third kappa shape index (κ3) is 2.71. The molecule has 0 bridgehead atoms. The second-order valence-electron chi connectivity index (χ2n) is 5.13. The standard InChI is InChI=1S/C11H22N2O/c1-9(8-12)10(14)13-6-4-11(2,3)5-7-13/h9H,4-8,12H2,1-3H3. The zero-order valence-electron chi connectivity index (χ0n) is 9.55. The van der Waals surface area contributed by atoms with Crippen LogP contribution in [0.25, 0.3) is 0 Å². The van der Waals surface area contributed by atoms with E-state index >= 15 is 0 Å². The molecule has 1 aliphatic heterocycles. The smallest absolute Gasteiger partial charge is 0.226 e. The van der Waals surface area contributed by atoms with E-state index in [1.807, 2.05) is 11.8 Å². The molecule has 1 amide bonds. The van der Waals surface area contributed by atoms with Gasteiger partial charge in [-0.2, -0.15) is 0 Å². The summed E-state index contributed by atoms with van der Waals surface area (Å²) in [5, 5.41) is 0. The molecule has 3 heteroatoms. The molecule has 0 aliphatic carbocycles. The number of hydrogen-bond donors (Lipinski definition) is 1. The fourth-order valence-corrected chi connectivity index (χ4v) is 1.74. The molecule has 1 fully saturated rings. The molecule has 2 N–H and O–H groups in total. The van der Waals surface area contributed by atoms with Crippen LogP contribution in [0.3, 0.4) is 0 Å². The Labute approximate surface area is 86.6 Å². The van der Waals surface area contributed by atoms with E-state index < -0.39 is 0 Å². The highest BCUT2D eigenvalue weighted by Gasteiger charge is 2.29. The molecule has 1 atom stereocenters. The molecule has 0 aromatic carbocycles. The van der Waals surface area contributed by atoms with Gasteiger partial charge in [0.05, 0.1) is 0 Å². The predicted octanol–water partition coefficient (Wildman–Crippen LogP) is 1.23. The van der Waals surface area contributed by atoms with Crippen molar-refractivity contribution in [3.05, 3.63) is 0 Å². The third-order valence-electron chi connectivity index (χ3n) is 3.20. The van der Waals surface area contributed by atoms with E-state index in [1.165, 1.54) is 0 Å². The summed E-state index contributed by atoms with van der Waals surface area (Å²) in [5.74, 6) is 0.208. The van der Waals surface area contributed by atoms with Crippen molar-refractivity contribution >= 4 is 5.91 Å². The van der Waals surface area contributed by atoms with Crippen LogP contribution in [0, 0.1) is 11.3 Å². The Hall–Kier alpha value is -0.570. The van der Waals surface area contributed by atoms with Gasteiger partial charge in [0.2, 0.25) is 5.91 Å². The molecule has 1 heterocycles. The first-order valence-corrected chi connectivity index (χ1v) is 5.45. The number of rotatable bonds is 2. The van der Waals surface area contributed by atoms with Crippen LogP contribution in [0.1, 0.15) is 33.6 Å². The second-order valence-corrected chi connectivity index (χ2v) is 5.13. The highest BCUT2D eigenvalue weighted by atomic mass is 16.2. The van der Waals surface area contributed by atoms with Crippen LogP contribution in [0.5, 0.6) is 0 Å². The molecule has 3 nitrogen and oxygen atoms in total. The van der Waals surface area contributed by atoms with E-state index in [9.17, 15) is 4.79 Å². The Bertz CT molecular complexity index is 203. The number of amides is 1. The van der Waals surface area contributed by atoms with Crippen LogP contribution < -0.4 is 5.73 Å². The second kappa shape index (κ2) is 4.30. The summed E-state index contributed by atoms with van der Waals surface area (Å²) in [7, 11) is 0. The number of likely N-dealkylation sites (tertiary alicyclic amines) is 1. The van der Waals surface area contributed by atoms with Crippen molar-refractivity contribution in [3.8, 4) is 0 Å². The number of nitrogens with zero attached hydrogens (tertiary/aromatic N) is 1. The first-order chi connectivity index (χ1) is 6.46. The van der Waals surface area contributed by atoms with Crippen molar-refractivity contribution < 1.29 is 4.79 Å². The van der Waals surface area contributed by atoms with Gasteiger partial charge in [0.1, 0.15) is 0 Å². The largest absolute Gasteiger partial charge is 0.342 e. The summed E-state index contributed by atoms with van der Waals surface area (Å²) in [6, 6.07) is 0. The highest BCUT2D eigenvalue weighted by Crippen LogP contribution is 2.30. The topological polar surface area (TPSA) is 46.3 Å². The maximum absolute atomic E-state index is 11.8. The summed E-state index contributed by atoms with van der Waals surface area (Å²) >= 11 is 0. The van der Waals surface area contributed by atoms with Gasteiger partial charge in [-0.25, -0.2) is 0 Å². The Morgan fingerprint density at radius 2 is 1.93 bits per heavy atom. The minimum absolute atomic E-state index is 0.0174. The summed E-state index contributed by atoms with van der Waals surface area (Å²) < 4.78 is 0. The molecule has 1 aliphatic rings. The molecular formula is C11H22N2O. The van der Waals surface area contributed by atoms with Gasteiger partial charge in [0.15, 0.2) is 0 Å². The lowest BCUT2D eigenvalue weighted by Gasteiger charge is -2.37. The summed E-state index contributed by atoms with van der Waals surface area (Å²) in [4.78, 5) is 13.7. The van der Waals surface area contributed by atoms with Crippen molar-refractivity contribution in [1.82, 2.24) is 4.90 Å². The van der Waals surface area contributed by atoms with Gasteiger partial charge in [-0.3, -0.25) is 4.79 Å². The first kappa shape index (κ1) is 11.5. The van der Waals surface area contributed by atoms with Crippen LogP contribution in [0.2, 0.25) is 0 Å². The molecule has 0 saturated carbocycles. The number of piperidine rings is 1. The van der Waals surface area contributed by atoms with Crippen LogP contribution in [0.15, 0.2) is 0 Å². The first-order valence-electron chi connectivity index (χ1n) is 5.45. The number of hydrogen-bond acceptors (Lipinski definition) is 2. The van der Waals surface area contributed by atoms with Crippen LogP contribution >= 0.6 is 0 Å². The molecule has 14 heavy (non-hydrogen) atoms. The monoisotopic (exact) mass is 198 g/mol. The van der Waals surface area contributed by atoms with Crippen molar-refractivity contribution in [1.29, 1.82) is 0 Å². The number of nitrogens with two attached hydrogens (primary N) is 1. The summed E-state index contributed by atoms with van der Waals surface area (Å²) in [5.41, 5.74) is 5.89. The van der Waals surface area contributed by atoms with Gasteiger partial charge >= 0.3 is 0 Å². The van der Waals surface area contributed by atoms with Crippen molar-refractivity contribution in [2.45, 2.75) is 33.6 Å². The SMILES string of the molecule is CC(CN)C(=O)N1CCC(C)(C)CC1. The molecule has 1 rings (SSSR count). The number of carbonyl (C=O) groups excluding carboxylic acids is 1. The average molecular weight is 198 g/mol. The molecule has 82 valence electrons. The van der Waals surface area contributed by atoms with E-state index in [0.717, 1.165) is 25.9 Å². The van der Waals surface area contributed by atoms with Gasteiger partial charge in [-0.1, -0.05) is 20.8 Å². The maximum Gasteiger partial charge on any atom is 0.226 e. The highest BCUT2D eigenvalue weighted by molar-refractivity contribution is 5.78. The van der Waals surface area contributed by atoms with Crippen LogP contribution in [0.4, 0.5) is 0 Å². The third-order valence-corrected chi connectivity index (χ3v) is 3.20. The molecule has 0 aromatic rings. The predicted molar refractivity (Wildman–Crippen MR) is 57.8 cm³/mol. The molecule has 1 unspecified atom stereocenters. The lowest BCUT2D eigenvalue weighted by atomic mass is 9.82. The Morgan fingerprint density at radius 3 is 2.36 bits per heavy atom. The quantitative estimate of drug-likeness (QED) is 0.725. The van der Waals surface area contributed by atoms with E-state index in [2.05, 4.69) is 13.8 Å². The number of carbonyl (C=O) groups is 1. The average Bonchev–Trinajstić information content (AvgIpc) is 2.15. The van der Waals surface area contributed by atoms with Crippen LogP contribution in [-0.2, 0) is 4.79 Å². The minimum atomic E-state index is -0.0174. The lowest BCUT2D eigenvalue weighted by molar-refractivity contribution is -0.136. The Balaban J connectivity index is 2.46. The normalized spacial score (nSPS) is 23.3. The van der Waals surface area contributed by atoms with Gasteiger partial charge in [-0.15, -0.1) is 0 Å². The van der Waals surface area contributed by atoms with Gasteiger partial charge in [0.25, 0.3) is 0 Å². The summed E-state index contributed by atoms with van der Waals surface area (Å²) in [6.45, 7) is 8.69. The molecule has 1 saturated heterocycles. The molecular weight excluding hydrogens is 176 g/mol. The Kier molecular flexibility index (Phi) is 3.53. The van der Waals surface area contributed by atoms with Crippen molar-refractivity contribution in [2.24, 2.45) is 17.1 Å². The fourth-order valence-electron chi connectivity index (χ4n) is 1.74. The van der Waals surface area contributed by atoms with Gasteiger partial charge < -0.3 is 10.6 Å². The van der Waals surface area contributed by atoms with Gasteiger partial charge in [0, 0.05) is 25.6 Å². The van der Waals surface area contributed by atoms with Crippen LogP contribution in [-0.4, -0.2) is 30.4 Å². The fraction of sp³-hybridized carbons (Fsp3) is 0.909. The zero-order valence-corrected chi connectivity index (χ0v) is 9.55. The van der Waals surface area contributed by atoms with E-state index in [4.69, 9.17) is 5.73 Å². The molecule has 0 spiro atoms. The van der Waals surface area contributed by atoms with Gasteiger partial charge in [-0.05, 0) is 18.3 Å². The van der Waals surface area contributed by atoms with Crippen molar-refractivity contribution in [3.63, 3.8) is 0 Å². The zero-order chi connectivity index (χ0) is 10.8. The van der Waals surface area contributed by atoms with E-state index in [1.54, 1.807) is 0 Å². The minimum Gasteiger partial charge on any atom is -0.342 e. The van der Waals surface area contributed by atoms with E-state index in [-0.39, 0.29) is 11.8 Å². The maximum atomic E-state index is 11.8. The Morgan fingerprint density at radius 1 is 1.43 bits per heavy atom. The lowest BCUT2D eigenvalue weighted by Crippen LogP contribution is -2.44. The van der Waals surface area contributed by atoms with E-state index in [0.29, 0.717) is 12.0 Å². The molecule has 0 radical (unpaired) electrons. The molecule has 0 aromatic heterocycles. The van der Waals surface area contributed by atoms with Crippen molar-refractivity contribution in [2.75, 3.05) is 19.6 Å². The summed E-state index contributed by atoms with van der Waals surface area (Å²) in [6.07, 6.45) is 2.21.